The number of rotatable bonds is 12. The normalized spacial score (nSPS) is 25.3. The van der Waals surface area contributed by atoms with Crippen LogP contribution in [0, 0.1) is 25.7 Å². The van der Waals surface area contributed by atoms with E-state index in [4.69, 9.17) is 4.74 Å². The highest BCUT2D eigenvalue weighted by molar-refractivity contribution is 7.89. The molecule has 1 aliphatic carbocycles. The maximum Gasteiger partial charge on any atom is 0.243 e. The number of benzene rings is 1. The fraction of sp³-hybridized carbons (Fsp3) is 0.767. The highest BCUT2D eigenvalue weighted by Gasteiger charge is 2.32. The lowest BCUT2D eigenvalue weighted by molar-refractivity contribution is -0.120. The van der Waals surface area contributed by atoms with Crippen LogP contribution in [0.2, 0.25) is 0 Å². The van der Waals surface area contributed by atoms with Crippen LogP contribution in [0.25, 0.3) is 0 Å². The molecule has 38 heavy (non-hydrogen) atoms. The van der Waals surface area contributed by atoms with Gasteiger partial charge in [-0.2, -0.15) is 0 Å². The van der Waals surface area contributed by atoms with Crippen LogP contribution in [0.5, 0.6) is 5.75 Å². The van der Waals surface area contributed by atoms with E-state index in [1.54, 1.807) is 40.1 Å². The van der Waals surface area contributed by atoms with Crippen molar-refractivity contribution in [2.75, 3.05) is 53.4 Å². The molecule has 214 valence electrons. The van der Waals surface area contributed by atoms with Gasteiger partial charge in [0.2, 0.25) is 10.0 Å². The highest BCUT2D eigenvalue weighted by atomic mass is 32.2. The third-order valence-electron chi connectivity index (χ3n) is 9.26. The van der Waals surface area contributed by atoms with Crippen LogP contribution >= 0.6 is 0 Å². The molecule has 2 aliphatic heterocycles. The number of hydrogen-bond acceptors (Lipinski definition) is 6. The molecule has 1 aromatic rings. The highest BCUT2D eigenvalue weighted by Crippen LogP contribution is 2.34. The van der Waals surface area contributed by atoms with Crippen molar-refractivity contribution in [2.24, 2.45) is 11.8 Å². The van der Waals surface area contributed by atoms with Crippen LogP contribution in [0.15, 0.2) is 17.0 Å². The van der Waals surface area contributed by atoms with Gasteiger partial charge in [0.05, 0.1) is 12.0 Å². The molecule has 1 saturated carbocycles. The second-order valence-electron chi connectivity index (χ2n) is 12.1. The number of Topliss-reactive ketones (excluding diaryl/α,β-unsaturated/α-hetero) is 1. The van der Waals surface area contributed by atoms with Gasteiger partial charge in [0.1, 0.15) is 11.5 Å². The van der Waals surface area contributed by atoms with E-state index in [0.717, 1.165) is 18.8 Å². The van der Waals surface area contributed by atoms with E-state index in [-0.39, 0.29) is 18.7 Å². The van der Waals surface area contributed by atoms with Crippen LogP contribution in [-0.4, -0.2) is 87.8 Å². The molecular formula is C30H49N3O4S. The van der Waals surface area contributed by atoms with Gasteiger partial charge in [0.15, 0.2) is 0 Å². The number of methoxy groups -OCH3 is 1. The number of ether oxygens (including phenoxy) is 1. The van der Waals surface area contributed by atoms with E-state index >= 15 is 0 Å². The Labute approximate surface area is 230 Å². The third-order valence-corrected chi connectivity index (χ3v) is 11.4. The van der Waals surface area contributed by atoms with Crippen LogP contribution in [-0.2, 0) is 14.8 Å². The Hall–Kier alpha value is -1.48. The zero-order chi connectivity index (χ0) is 27.3. The molecular weight excluding hydrogens is 498 g/mol. The van der Waals surface area contributed by atoms with E-state index in [0.29, 0.717) is 40.2 Å². The Morgan fingerprint density at radius 2 is 1.66 bits per heavy atom. The molecule has 0 aromatic heterocycles. The van der Waals surface area contributed by atoms with Crippen molar-refractivity contribution in [3.63, 3.8) is 0 Å². The minimum Gasteiger partial charge on any atom is -0.497 e. The molecule has 8 heteroatoms. The Bertz CT molecular complexity index is 1020. The summed E-state index contributed by atoms with van der Waals surface area (Å²) < 4.78 is 33.1. The van der Waals surface area contributed by atoms with Gasteiger partial charge in [0.25, 0.3) is 0 Å². The van der Waals surface area contributed by atoms with E-state index in [2.05, 4.69) is 9.80 Å². The zero-order valence-electron chi connectivity index (χ0n) is 24.1. The number of aryl methyl sites for hydroxylation is 2. The fourth-order valence-electron chi connectivity index (χ4n) is 6.93. The van der Waals surface area contributed by atoms with Crippen LogP contribution in [0.1, 0.15) is 75.3 Å². The van der Waals surface area contributed by atoms with E-state index < -0.39 is 10.0 Å². The summed E-state index contributed by atoms with van der Waals surface area (Å²) in [7, 11) is -0.518. The lowest BCUT2D eigenvalue weighted by Gasteiger charge is -2.34. The average molecular weight is 548 g/mol. The summed E-state index contributed by atoms with van der Waals surface area (Å²) in [6.45, 7) is 10.2. The number of carbonyl (C=O) groups excluding carboxylic acids is 1. The molecule has 1 atom stereocenters. The van der Waals surface area contributed by atoms with Gasteiger partial charge in [-0.25, -0.2) is 12.7 Å². The van der Waals surface area contributed by atoms with Gasteiger partial charge in [-0.3, -0.25) is 4.79 Å². The minimum absolute atomic E-state index is 0.182. The van der Waals surface area contributed by atoms with Crippen LogP contribution in [0.4, 0.5) is 0 Å². The summed E-state index contributed by atoms with van der Waals surface area (Å²) in [6.07, 6.45) is 10.9. The molecule has 4 rings (SSSR count). The number of hydrogen-bond donors (Lipinski definition) is 0. The summed E-state index contributed by atoms with van der Waals surface area (Å²) in [5, 5.41) is 0. The van der Waals surface area contributed by atoms with Crippen molar-refractivity contribution < 1.29 is 17.9 Å². The molecule has 1 aromatic carbocycles. The molecule has 0 spiro atoms. The van der Waals surface area contributed by atoms with Crippen LogP contribution < -0.4 is 4.74 Å². The van der Waals surface area contributed by atoms with Crippen LogP contribution in [0.3, 0.4) is 0 Å². The number of likely N-dealkylation sites (tertiary alicyclic amines) is 2. The number of ketones is 1. The molecule has 0 amide bonds. The maximum atomic E-state index is 13.2. The standard InChI is InChI=1S/C30H49N3O4S/c1-23-19-29(37-4)20-24(2)30(23)38(35,36)31(3)16-13-28(34)21-25-7-9-27(10-8-25)33-18-12-26(22-33)11-17-32-14-5-6-15-32/h19-20,25-27H,5-18,21-22H2,1-4H3/t25?,26-,27?/m1/s1. The quantitative estimate of drug-likeness (QED) is 0.380. The van der Waals surface area contributed by atoms with Crippen molar-refractivity contribution >= 4 is 15.8 Å². The molecule has 2 heterocycles. The van der Waals surface area contributed by atoms with Gasteiger partial charge in [-0.05, 0) is 126 Å². The first-order chi connectivity index (χ1) is 18.2. The van der Waals surface area contributed by atoms with Crippen molar-refractivity contribution in [3.05, 3.63) is 23.3 Å². The zero-order valence-corrected chi connectivity index (χ0v) is 24.9. The number of sulfonamides is 1. The summed E-state index contributed by atoms with van der Waals surface area (Å²) in [6, 6.07) is 4.17. The smallest absolute Gasteiger partial charge is 0.243 e. The monoisotopic (exact) mass is 547 g/mol. The molecule has 3 aliphatic rings. The SMILES string of the molecule is COc1cc(C)c(S(=O)(=O)N(C)CCC(=O)CC2CCC(N3CC[C@@H](CCN4CCCC4)C3)CC2)c(C)c1. The lowest BCUT2D eigenvalue weighted by Crippen LogP contribution is -2.37. The summed E-state index contributed by atoms with van der Waals surface area (Å²) in [5.41, 5.74) is 1.32. The van der Waals surface area contributed by atoms with Gasteiger partial charge in [0, 0.05) is 39.0 Å². The first-order valence-electron chi connectivity index (χ1n) is 14.8. The minimum atomic E-state index is -3.67. The van der Waals surface area contributed by atoms with E-state index in [1.807, 2.05) is 0 Å². The Morgan fingerprint density at radius 3 is 2.29 bits per heavy atom. The predicted molar refractivity (Wildman–Crippen MR) is 152 cm³/mol. The van der Waals surface area contributed by atoms with E-state index in [1.165, 1.54) is 75.6 Å². The molecule has 0 N–H and O–H groups in total. The Morgan fingerprint density at radius 1 is 1.00 bits per heavy atom. The molecule has 3 fully saturated rings. The average Bonchev–Trinajstić information content (AvgIpc) is 3.58. The molecule has 2 saturated heterocycles. The number of carbonyl (C=O) groups is 1. The molecule has 0 unspecified atom stereocenters. The summed E-state index contributed by atoms with van der Waals surface area (Å²) in [4.78, 5) is 18.5. The Balaban J connectivity index is 1.17. The van der Waals surface area contributed by atoms with Crippen molar-refractivity contribution in [1.29, 1.82) is 0 Å². The van der Waals surface area contributed by atoms with E-state index in [9.17, 15) is 13.2 Å². The second-order valence-corrected chi connectivity index (χ2v) is 14.1. The summed E-state index contributed by atoms with van der Waals surface area (Å²) in [5.74, 6) is 2.13. The first kappa shape index (κ1) is 29.5. The van der Waals surface area contributed by atoms with Crippen molar-refractivity contribution in [1.82, 2.24) is 14.1 Å². The predicted octanol–water partition coefficient (Wildman–Crippen LogP) is 4.65. The molecule has 7 nitrogen and oxygen atoms in total. The number of nitrogens with zero attached hydrogens (tertiary/aromatic N) is 3. The van der Waals surface area contributed by atoms with Gasteiger partial charge < -0.3 is 14.5 Å². The molecule has 0 radical (unpaired) electrons. The van der Waals surface area contributed by atoms with Crippen molar-refractivity contribution in [3.8, 4) is 5.75 Å². The largest absolute Gasteiger partial charge is 0.497 e. The van der Waals surface area contributed by atoms with Gasteiger partial charge in [-0.15, -0.1) is 0 Å². The second kappa shape index (κ2) is 13.2. The Kier molecular flexibility index (Phi) is 10.3. The third kappa shape index (κ3) is 7.38. The molecule has 0 bridgehead atoms. The van der Waals surface area contributed by atoms with Crippen molar-refractivity contribution in [2.45, 2.75) is 89.0 Å². The van der Waals surface area contributed by atoms with Gasteiger partial charge >= 0.3 is 0 Å². The fourth-order valence-corrected chi connectivity index (χ4v) is 8.51. The van der Waals surface area contributed by atoms with Gasteiger partial charge in [-0.1, -0.05) is 0 Å². The lowest BCUT2D eigenvalue weighted by atomic mass is 9.82. The first-order valence-corrected chi connectivity index (χ1v) is 16.2. The maximum absolute atomic E-state index is 13.2. The topological polar surface area (TPSA) is 70.2 Å². The summed E-state index contributed by atoms with van der Waals surface area (Å²) >= 11 is 0.